The summed E-state index contributed by atoms with van der Waals surface area (Å²) >= 11 is 0. The number of hydrogen-bond donors (Lipinski definition) is 1. The number of rotatable bonds is 10. The molecule has 7 nitrogen and oxygen atoms in total. The lowest BCUT2D eigenvalue weighted by molar-refractivity contribution is 0.0955. The lowest BCUT2D eigenvalue weighted by Crippen LogP contribution is -2.17. The molecule has 0 radical (unpaired) electrons. The van der Waals surface area contributed by atoms with Gasteiger partial charge in [0.25, 0.3) is 5.91 Å². The van der Waals surface area contributed by atoms with E-state index in [2.05, 4.69) is 16.6 Å². The summed E-state index contributed by atoms with van der Waals surface area (Å²) in [7, 11) is 0. The molecule has 0 aromatic heterocycles. The van der Waals surface area contributed by atoms with E-state index < -0.39 is 0 Å². The summed E-state index contributed by atoms with van der Waals surface area (Å²) in [6.45, 7) is 5.05. The van der Waals surface area contributed by atoms with Crippen LogP contribution in [0, 0.1) is 11.3 Å². The lowest BCUT2D eigenvalue weighted by Gasteiger charge is -2.13. The SMILES string of the molecule is CCOc1ccc(C(=O)N/N=C\c2ccc(OCc3ccccc3C#N)c(OCC)c2)cc1. The van der Waals surface area contributed by atoms with Gasteiger partial charge in [0, 0.05) is 11.1 Å². The van der Waals surface area contributed by atoms with Crippen molar-refractivity contribution in [3.8, 4) is 23.3 Å². The van der Waals surface area contributed by atoms with Gasteiger partial charge in [-0.1, -0.05) is 18.2 Å². The van der Waals surface area contributed by atoms with Crippen molar-refractivity contribution in [3.63, 3.8) is 0 Å². The van der Waals surface area contributed by atoms with Gasteiger partial charge in [0.1, 0.15) is 12.4 Å². The zero-order valence-corrected chi connectivity index (χ0v) is 18.6. The van der Waals surface area contributed by atoms with E-state index >= 15 is 0 Å². The Kier molecular flexibility index (Phi) is 8.43. The van der Waals surface area contributed by atoms with Crippen molar-refractivity contribution >= 4 is 12.1 Å². The van der Waals surface area contributed by atoms with Gasteiger partial charge in [0.05, 0.1) is 31.1 Å². The molecule has 0 aliphatic carbocycles. The third-order valence-corrected chi connectivity index (χ3v) is 4.60. The van der Waals surface area contributed by atoms with Crippen LogP contribution in [0.3, 0.4) is 0 Å². The molecule has 7 heteroatoms. The van der Waals surface area contributed by atoms with Crippen molar-refractivity contribution < 1.29 is 19.0 Å². The second-order valence-electron chi connectivity index (χ2n) is 6.85. The number of carbonyl (C=O) groups is 1. The Morgan fingerprint density at radius 3 is 2.45 bits per heavy atom. The average Bonchev–Trinajstić information content (AvgIpc) is 2.84. The first-order chi connectivity index (χ1) is 16.1. The first-order valence-corrected chi connectivity index (χ1v) is 10.6. The van der Waals surface area contributed by atoms with Gasteiger partial charge in [-0.05, 0) is 67.9 Å². The number of carbonyl (C=O) groups excluding carboxylic acids is 1. The number of amides is 1. The van der Waals surface area contributed by atoms with Crippen molar-refractivity contribution in [1.82, 2.24) is 5.43 Å². The van der Waals surface area contributed by atoms with E-state index in [9.17, 15) is 10.1 Å². The Balaban J connectivity index is 1.64. The van der Waals surface area contributed by atoms with Gasteiger partial charge >= 0.3 is 0 Å². The average molecular weight is 444 g/mol. The van der Waals surface area contributed by atoms with Crippen LogP contribution in [0.1, 0.15) is 40.9 Å². The summed E-state index contributed by atoms with van der Waals surface area (Å²) in [6.07, 6.45) is 1.53. The number of benzene rings is 3. The van der Waals surface area contributed by atoms with Crippen molar-refractivity contribution in [2.75, 3.05) is 13.2 Å². The van der Waals surface area contributed by atoms with Crippen LogP contribution in [0.15, 0.2) is 71.8 Å². The molecule has 1 N–H and O–H groups in total. The minimum atomic E-state index is -0.324. The molecule has 3 aromatic carbocycles. The van der Waals surface area contributed by atoms with Gasteiger partial charge in [0.15, 0.2) is 11.5 Å². The van der Waals surface area contributed by atoms with Crippen molar-refractivity contribution in [2.45, 2.75) is 20.5 Å². The number of hydrogen-bond acceptors (Lipinski definition) is 6. The van der Waals surface area contributed by atoms with Gasteiger partial charge in [-0.3, -0.25) is 4.79 Å². The van der Waals surface area contributed by atoms with Crippen LogP contribution in [0.2, 0.25) is 0 Å². The molecule has 0 unspecified atom stereocenters. The van der Waals surface area contributed by atoms with Crippen LogP contribution in [0.5, 0.6) is 17.2 Å². The summed E-state index contributed by atoms with van der Waals surface area (Å²) in [5.74, 6) is 1.49. The Labute approximate surface area is 193 Å². The molecule has 0 saturated carbocycles. The van der Waals surface area contributed by atoms with E-state index in [-0.39, 0.29) is 12.5 Å². The molecule has 168 valence electrons. The molecule has 0 atom stereocenters. The molecule has 0 saturated heterocycles. The summed E-state index contributed by atoms with van der Waals surface area (Å²) in [6, 6.07) is 21.7. The van der Waals surface area contributed by atoms with E-state index in [4.69, 9.17) is 14.2 Å². The van der Waals surface area contributed by atoms with E-state index in [1.807, 2.05) is 32.0 Å². The smallest absolute Gasteiger partial charge is 0.271 e. The highest BCUT2D eigenvalue weighted by Crippen LogP contribution is 2.29. The number of ether oxygens (including phenoxy) is 3. The normalized spacial score (nSPS) is 10.5. The molecular formula is C26H25N3O4. The molecular weight excluding hydrogens is 418 g/mol. The van der Waals surface area contributed by atoms with Crippen LogP contribution in [-0.4, -0.2) is 25.3 Å². The summed E-state index contributed by atoms with van der Waals surface area (Å²) < 4.78 is 17.0. The molecule has 1 amide bonds. The summed E-state index contributed by atoms with van der Waals surface area (Å²) in [5.41, 5.74) is 5.09. The zero-order chi connectivity index (χ0) is 23.5. The second-order valence-corrected chi connectivity index (χ2v) is 6.85. The fraction of sp³-hybridized carbons (Fsp3) is 0.192. The molecule has 3 rings (SSSR count). The largest absolute Gasteiger partial charge is 0.494 e. The molecule has 0 bridgehead atoms. The quantitative estimate of drug-likeness (QED) is 0.362. The minimum Gasteiger partial charge on any atom is -0.494 e. The van der Waals surface area contributed by atoms with Gasteiger partial charge in [0.2, 0.25) is 0 Å². The van der Waals surface area contributed by atoms with Crippen LogP contribution in [0.4, 0.5) is 0 Å². The van der Waals surface area contributed by atoms with Crippen molar-refractivity contribution in [2.24, 2.45) is 5.10 Å². The highest BCUT2D eigenvalue weighted by molar-refractivity contribution is 5.95. The number of hydrazone groups is 1. The predicted octanol–water partition coefficient (Wildman–Crippen LogP) is 4.70. The van der Waals surface area contributed by atoms with Crippen LogP contribution < -0.4 is 19.6 Å². The summed E-state index contributed by atoms with van der Waals surface area (Å²) in [5, 5.41) is 13.3. The van der Waals surface area contributed by atoms with Crippen LogP contribution in [0.25, 0.3) is 0 Å². The molecule has 0 fully saturated rings. The summed E-state index contributed by atoms with van der Waals surface area (Å²) in [4.78, 5) is 12.3. The third kappa shape index (κ3) is 6.58. The van der Waals surface area contributed by atoms with Gasteiger partial charge in [-0.15, -0.1) is 0 Å². The Morgan fingerprint density at radius 1 is 0.970 bits per heavy atom. The van der Waals surface area contributed by atoms with E-state index in [1.165, 1.54) is 6.21 Å². The number of nitrogens with zero attached hydrogens (tertiary/aromatic N) is 2. The number of nitriles is 1. The maximum atomic E-state index is 12.3. The predicted molar refractivity (Wildman–Crippen MR) is 126 cm³/mol. The first-order valence-electron chi connectivity index (χ1n) is 10.6. The fourth-order valence-corrected chi connectivity index (χ4v) is 3.00. The van der Waals surface area contributed by atoms with Crippen LogP contribution in [-0.2, 0) is 6.61 Å². The second kappa shape index (κ2) is 11.9. The zero-order valence-electron chi connectivity index (χ0n) is 18.6. The topological polar surface area (TPSA) is 92.9 Å². The molecule has 0 heterocycles. The van der Waals surface area contributed by atoms with Crippen molar-refractivity contribution in [3.05, 3.63) is 89.0 Å². The molecule has 3 aromatic rings. The van der Waals surface area contributed by atoms with Crippen LogP contribution >= 0.6 is 0 Å². The van der Waals surface area contributed by atoms with Gasteiger partial charge < -0.3 is 14.2 Å². The Morgan fingerprint density at radius 2 is 1.73 bits per heavy atom. The maximum absolute atomic E-state index is 12.3. The highest BCUT2D eigenvalue weighted by atomic mass is 16.5. The maximum Gasteiger partial charge on any atom is 0.271 e. The Bertz CT molecular complexity index is 1150. The monoisotopic (exact) mass is 443 g/mol. The van der Waals surface area contributed by atoms with E-state index in [1.54, 1.807) is 48.5 Å². The van der Waals surface area contributed by atoms with E-state index in [0.717, 1.165) is 11.1 Å². The van der Waals surface area contributed by atoms with Gasteiger partial charge in [-0.2, -0.15) is 10.4 Å². The molecule has 33 heavy (non-hydrogen) atoms. The minimum absolute atomic E-state index is 0.245. The highest BCUT2D eigenvalue weighted by Gasteiger charge is 2.09. The third-order valence-electron chi connectivity index (χ3n) is 4.60. The van der Waals surface area contributed by atoms with Gasteiger partial charge in [-0.25, -0.2) is 5.43 Å². The Hall–Kier alpha value is -4.31. The molecule has 0 spiro atoms. The first kappa shape index (κ1) is 23.4. The molecule has 0 aliphatic rings. The fourth-order valence-electron chi connectivity index (χ4n) is 3.00. The standard InChI is InChI=1S/C26H25N3O4/c1-3-31-23-12-10-20(11-13-23)26(30)29-28-17-19-9-14-24(25(15-19)32-4-2)33-18-22-8-6-5-7-21(22)16-27/h5-15,17H,3-4,18H2,1-2H3,(H,29,30)/b28-17-. The number of nitrogens with one attached hydrogen (secondary N) is 1. The molecule has 0 aliphatic heterocycles. The van der Waals surface area contributed by atoms with Crippen molar-refractivity contribution in [1.29, 1.82) is 5.26 Å². The van der Waals surface area contributed by atoms with E-state index in [0.29, 0.717) is 41.6 Å². The lowest BCUT2D eigenvalue weighted by atomic mass is 10.1.